The van der Waals surface area contributed by atoms with Crippen LogP contribution in [0.1, 0.15) is 43.6 Å². The molecular weight excluding hydrogens is 462 g/mol. The number of nitrogen functional groups attached to an aromatic ring is 1. The van der Waals surface area contributed by atoms with Crippen LogP contribution in [0.3, 0.4) is 0 Å². The Hall–Kier alpha value is -2.91. The molecule has 8 nitrogen and oxygen atoms in total. The molecule has 0 saturated heterocycles. The average Bonchev–Trinajstić information content (AvgIpc) is 3.13. The molecule has 0 bridgehead atoms. The first kappa shape index (κ1) is 24.7. The lowest BCUT2D eigenvalue weighted by Gasteiger charge is -2.15. The van der Waals surface area contributed by atoms with Crippen LogP contribution in [0.25, 0.3) is 0 Å². The van der Waals surface area contributed by atoms with Gasteiger partial charge in [-0.1, -0.05) is 49.3 Å². The smallest absolute Gasteiger partial charge is 0.237 e. The number of halogens is 1. The number of hydrogen-bond acceptors (Lipinski definition) is 7. The molecule has 2 aromatic carbocycles. The Morgan fingerprint density at radius 1 is 1.21 bits per heavy atom. The third-order valence-electron chi connectivity index (χ3n) is 5.04. The number of carbonyl (C=O) groups is 1. The zero-order valence-electron chi connectivity index (χ0n) is 19.3. The van der Waals surface area contributed by atoms with E-state index in [0.717, 1.165) is 11.3 Å². The molecule has 176 valence electrons. The number of thioether (sulfide) groups is 1. The molecular formula is C23H28ClN5O3S. The summed E-state index contributed by atoms with van der Waals surface area (Å²) in [4.78, 5) is 12.7. The molecule has 33 heavy (non-hydrogen) atoms. The number of amides is 1. The molecule has 1 heterocycles. The van der Waals surface area contributed by atoms with Crippen LogP contribution < -0.4 is 20.6 Å². The van der Waals surface area contributed by atoms with Crippen LogP contribution in [-0.2, 0) is 11.4 Å². The molecule has 1 aromatic heterocycles. The van der Waals surface area contributed by atoms with E-state index in [2.05, 4.69) is 29.4 Å². The van der Waals surface area contributed by atoms with Gasteiger partial charge < -0.3 is 20.6 Å². The van der Waals surface area contributed by atoms with Crippen LogP contribution in [0.2, 0.25) is 5.02 Å². The highest BCUT2D eigenvalue weighted by Gasteiger charge is 2.21. The number of benzene rings is 2. The first-order chi connectivity index (χ1) is 15.7. The van der Waals surface area contributed by atoms with Gasteiger partial charge in [0.15, 0.2) is 5.82 Å². The topological polar surface area (TPSA) is 104 Å². The number of aromatic nitrogens is 3. The fourth-order valence-corrected chi connectivity index (χ4v) is 3.90. The minimum Gasteiger partial charge on any atom is -0.495 e. The van der Waals surface area contributed by atoms with E-state index in [0.29, 0.717) is 33.4 Å². The van der Waals surface area contributed by atoms with Crippen LogP contribution in [0.4, 0.5) is 5.69 Å². The Morgan fingerprint density at radius 3 is 2.55 bits per heavy atom. The summed E-state index contributed by atoms with van der Waals surface area (Å²) in [6.45, 7) is 8.05. The van der Waals surface area contributed by atoms with Crippen LogP contribution in [0, 0.1) is 6.92 Å². The van der Waals surface area contributed by atoms with Crippen molar-refractivity contribution in [2.24, 2.45) is 0 Å². The van der Waals surface area contributed by atoms with E-state index in [-0.39, 0.29) is 12.5 Å². The number of nitrogens with two attached hydrogens (primary N) is 1. The molecule has 0 spiro atoms. The van der Waals surface area contributed by atoms with Gasteiger partial charge in [-0.3, -0.25) is 4.79 Å². The van der Waals surface area contributed by atoms with Gasteiger partial charge >= 0.3 is 0 Å². The number of methoxy groups -OCH3 is 1. The van der Waals surface area contributed by atoms with Crippen molar-refractivity contribution in [3.8, 4) is 11.5 Å². The van der Waals surface area contributed by atoms with E-state index in [1.165, 1.54) is 29.1 Å². The molecule has 0 saturated carbocycles. The fraction of sp³-hybridized carbons (Fsp3) is 0.348. The fourth-order valence-electron chi connectivity index (χ4n) is 2.96. The molecule has 0 aliphatic heterocycles. The van der Waals surface area contributed by atoms with Crippen molar-refractivity contribution in [1.82, 2.24) is 14.9 Å². The second-order valence-electron chi connectivity index (χ2n) is 7.83. The zero-order valence-corrected chi connectivity index (χ0v) is 20.8. The minimum atomic E-state index is -0.491. The lowest BCUT2D eigenvalue weighted by Crippen LogP contribution is -2.24. The molecule has 0 fully saturated rings. The largest absolute Gasteiger partial charge is 0.495 e. The van der Waals surface area contributed by atoms with Crippen LogP contribution in [0.15, 0.2) is 41.6 Å². The number of nitrogens with zero attached hydrogens (tertiary/aromatic N) is 3. The zero-order chi connectivity index (χ0) is 24.1. The monoisotopic (exact) mass is 489 g/mol. The molecule has 0 aliphatic rings. The first-order valence-corrected chi connectivity index (χ1v) is 11.7. The summed E-state index contributed by atoms with van der Waals surface area (Å²) < 4.78 is 12.4. The third kappa shape index (κ3) is 6.11. The number of carbonyl (C=O) groups excluding carboxylic acids is 1. The maximum Gasteiger partial charge on any atom is 0.237 e. The summed E-state index contributed by atoms with van der Waals surface area (Å²) in [7, 11) is 1.52. The van der Waals surface area contributed by atoms with Crippen LogP contribution in [-0.4, -0.2) is 33.1 Å². The van der Waals surface area contributed by atoms with E-state index in [9.17, 15) is 4.79 Å². The molecule has 1 atom stereocenters. The minimum absolute atomic E-state index is 0.160. The number of rotatable bonds is 9. The standard InChI is InChI=1S/C23H28ClN5O3S/c1-13(2)16-6-8-17(9-7-16)32-12-21-27-28-23(29(21)25)33-15(4)22(30)26-19-10-14(3)18(24)11-20(19)31-5/h6-11,13,15H,12,25H2,1-5H3,(H,26,30). The van der Waals surface area contributed by atoms with Gasteiger partial charge in [0.05, 0.1) is 18.0 Å². The molecule has 10 heteroatoms. The number of ether oxygens (including phenoxy) is 2. The van der Waals surface area contributed by atoms with E-state index in [1.807, 2.05) is 31.2 Å². The maximum absolute atomic E-state index is 12.7. The van der Waals surface area contributed by atoms with E-state index < -0.39 is 5.25 Å². The lowest BCUT2D eigenvalue weighted by atomic mass is 10.0. The van der Waals surface area contributed by atoms with Gasteiger partial charge in [-0.15, -0.1) is 10.2 Å². The Bertz CT molecular complexity index is 1120. The van der Waals surface area contributed by atoms with E-state index >= 15 is 0 Å². The number of aryl methyl sites for hydroxylation is 1. The van der Waals surface area contributed by atoms with Crippen molar-refractivity contribution >= 4 is 35.0 Å². The van der Waals surface area contributed by atoms with Crippen molar-refractivity contribution in [3.05, 3.63) is 58.4 Å². The van der Waals surface area contributed by atoms with Crippen LogP contribution in [0.5, 0.6) is 11.5 Å². The Morgan fingerprint density at radius 2 is 1.91 bits per heavy atom. The number of nitrogens with one attached hydrogen (secondary N) is 1. The van der Waals surface area contributed by atoms with Crippen molar-refractivity contribution in [1.29, 1.82) is 0 Å². The predicted octanol–water partition coefficient (Wildman–Crippen LogP) is 4.78. The number of hydrogen-bond donors (Lipinski definition) is 2. The van der Waals surface area contributed by atoms with Crippen molar-refractivity contribution in [2.75, 3.05) is 18.3 Å². The van der Waals surface area contributed by atoms with Gasteiger partial charge in [0, 0.05) is 11.1 Å². The summed E-state index contributed by atoms with van der Waals surface area (Å²) in [6, 6.07) is 11.3. The first-order valence-electron chi connectivity index (χ1n) is 10.4. The highest BCUT2D eigenvalue weighted by molar-refractivity contribution is 8.00. The summed E-state index contributed by atoms with van der Waals surface area (Å²) in [6.07, 6.45) is 0. The van der Waals surface area contributed by atoms with Gasteiger partial charge in [-0.2, -0.15) is 0 Å². The highest BCUT2D eigenvalue weighted by atomic mass is 35.5. The van der Waals surface area contributed by atoms with E-state index in [1.54, 1.807) is 19.1 Å². The Balaban J connectivity index is 1.61. The summed E-state index contributed by atoms with van der Waals surface area (Å²) in [5, 5.41) is 11.5. The molecule has 0 aliphatic carbocycles. The molecule has 3 N–H and O–H groups in total. The molecule has 3 aromatic rings. The second kappa shape index (κ2) is 10.8. The van der Waals surface area contributed by atoms with Gasteiger partial charge in [0.25, 0.3) is 0 Å². The quantitative estimate of drug-likeness (QED) is 0.329. The molecule has 3 rings (SSSR count). The highest BCUT2D eigenvalue weighted by Crippen LogP contribution is 2.32. The maximum atomic E-state index is 12.7. The molecule has 0 radical (unpaired) electrons. The molecule has 1 unspecified atom stereocenters. The van der Waals surface area contributed by atoms with Crippen molar-refractivity contribution in [2.45, 2.75) is 50.6 Å². The normalized spacial score (nSPS) is 12.0. The second-order valence-corrected chi connectivity index (χ2v) is 9.55. The van der Waals surface area contributed by atoms with Gasteiger partial charge in [0.2, 0.25) is 11.1 Å². The average molecular weight is 490 g/mol. The van der Waals surface area contributed by atoms with Gasteiger partial charge in [0.1, 0.15) is 18.1 Å². The SMILES string of the molecule is COc1cc(Cl)c(C)cc1NC(=O)C(C)Sc1nnc(COc2ccc(C(C)C)cc2)n1N. The lowest BCUT2D eigenvalue weighted by molar-refractivity contribution is -0.115. The summed E-state index contributed by atoms with van der Waals surface area (Å²) in [5.74, 6) is 8.02. The van der Waals surface area contributed by atoms with Gasteiger partial charge in [-0.25, -0.2) is 4.68 Å². The summed E-state index contributed by atoms with van der Waals surface area (Å²) >= 11 is 7.33. The predicted molar refractivity (Wildman–Crippen MR) is 132 cm³/mol. The third-order valence-corrected chi connectivity index (χ3v) is 6.50. The van der Waals surface area contributed by atoms with Crippen molar-refractivity contribution in [3.63, 3.8) is 0 Å². The van der Waals surface area contributed by atoms with E-state index in [4.69, 9.17) is 26.9 Å². The Kier molecular flexibility index (Phi) is 8.10. The summed E-state index contributed by atoms with van der Waals surface area (Å²) in [5.41, 5.74) is 2.61. The number of anilines is 1. The van der Waals surface area contributed by atoms with Gasteiger partial charge in [-0.05, 0) is 49.1 Å². The van der Waals surface area contributed by atoms with Crippen molar-refractivity contribution < 1.29 is 14.3 Å². The van der Waals surface area contributed by atoms with Crippen LogP contribution >= 0.6 is 23.4 Å². The Labute approximate surface area is 202 Å². The molecule has 1 amide bonds.